The second-order valence-corrected chi connectivity index (χ2v) is 4.39. The van der Waals surface area contributed by atoms with Crippen LogP contribution in [0.3, 0.4) is 0 Å². The lowest BCUT2D eigenvalue weighted by Crippen LogP contribution is -2.00. The second kappa shape index (κ2) is 4.57. The van der Waals surface area contributed by atoms with E-state index in [-0.39, 0.29) is 0 Å². The molecule has 0 atom stereocenters. The zero-order valence-corrected chi connectivity index (χ0v) is 10.2. The third-order valence-corrected chi connectivity index (χ3v) is 2.95. The van der Waals surface area contributed by atoms with Crippen molar-refractivity contribution >= 4 is 34.0 Å². The van der Waals surface area contributed by atoms with Crippen LogP contribution in [0.4, 0.5) is 11.4 Å². The molecule has 78 valence electrons. The molecule has 0 bridgehead atoms. The summed E-state index contributed by atoms with van der Waals surface area (Å²) in [6.45, 7) is 0.760. The van der Waals surface area contributed by atoms with E-state index in [0.717, 1.165) is 27.1 Å². The van der Waals surface area contributed by atoms with Gasteiger partial charge in [-0.05, 0) is 46.9 Å². The number of furan rings is 1. The molecule has 2 rings (SSSR count). The van der Waals surface area contributed by atoms with Gasteiger partial charge < -0.3 is 15.5 Å². The SMILES string of the molecule is Nc1ccc(NCc2ccoc2)c(I)c1. The normalized spacial score (nSPS) is 10.2. The average molecular weight is 314 g/mol. The fourth-order valence-corrected chi connectivity index (χ4v) is 2.00. The summed E-state index contributed by atoms with van der Waals surface area (Å²) in [5, 5.41) is 3.32. The highest BCUT2D eigenvalue weighted by atomic mass is 127. The molecule has 3 N–H and O–H groups in total. The van der Waals surface area contributed by atoms with E-state index in [2.05, 4.69) is 27.9 Å². The van der Waals surface area contributed by atoms with Crippen LogP contribution in [-0.2, 0) is 6.54 Å². The van der Waals surface area contributed by atoms with Crippen LogP contribution in [0.15, 0.2) is 41.2 Å². The quantitative estimate of drug-likeness (QED) is 0.676. The molecule has 1 aromatic heterocycles. The molecule has 0 spiro atoms. The van der Waals surface area contributed by atoms with E-state index in [1.54, 1.807) is 12.5 Å². The number of rotatable bonds is 3. The molecule has 0 saturated heterocycles. The Bertz CT molecular complexity index is 440. The van der Waals surface area contributed by atoms with Crippen molar-refractivity contribution in [2.24, 2.45) is 0 Å². The summed E-state index contributed by atoms with van der Waals surface area (Å²) in [7, 11) is 0. The summed E-state index contributed by atoms with van der Waals surface area (Å²) in [6, 6.07) is 7.76. The third-order valence-electron chi connectivity index (χ3n) is 2.06. The molecule has 0 fully saturated rings. The number of halogens is 1. The highest BCUT2D eigenvalue weighted by Crippen LogP contribution is 2.21. The Morgan fingerprint density at radius 3 is 2.87 bits per heavy atom. The van der Waals surface area contributed by atoms with Gasteiger partial charge >= 0.3 is 0 Å². The summed E-state index contributed by atoms with van der Waals surface area (Å²) < 4.78 is 6.11. The maximum Gasteiger partial charge on any atom is 0.0952 e. The first-order valence-electron chi connectivity index (χ1n) is 4.55. The number of benzene rings is 1. The van der Waals surface area contributed by atoms with Crippen LogP contribution in [0.2, 0.25) is 0 Å². The average Bonchev–Trinajstić information content (AvgIpc) is 2.69. The van der Waals surface area contributed by atoms with Crippen molar-refractivity contribution in [3.05, 3.63) is 45.9 Å². The first kappa shape index (κ1) is 10.4. The summed E-state index contributed by atoms with van der Waals surface area (Å²) in [6.07, 6.45) is 3.40. The molecule has 1 heterocycles. The van der Waals surface area contributed by atoms with Gasteiger partial charge in [-0.3, -0.25) is 0 Å². The Morgan fingerprint density at radius 2 is 2.20 bits per heavy atom. The summed E-state index contributed by atoms with van der Waals surface area (Å²) >= 11 is 2.26. The van der Waals surface area contributed by atoms with Gasteiger partial charge in [-0.1, -0.05) is 0 Å². The van der Waals surface area contributed by atoms with Crippen molar-refractivity contribution in [3.63, 3.8) is 0 Å². The second-order valence-electron chi connectivity index (χ2n) is 3.22. The summed E-state index contributed by atoms with van der Waals surface area (Å²) in [5.41, 5.74) is 8.67. The molecule has 0 radical (unpaired) electrons. The summed E-state index contributed by atoms with van der Waals surface area (Å²) in [5.74, 6) is 0. The van der Waals surface area contributed by atoms with Gasteiger partial charge in [0.25, 0.3) is 0 Å². The number of hydrogen-bond donors (Lipinski definition) is 2. The van der Waals surface area contributed by atoms with E-state index in [9.17, 15) is 0 Å². The number of anilines is 2. The van der Waals surface area contributed by atoms with Gasteiger partial charge in [-0.15, -0.1) is 0 Å². The van der Waals surface area contributed by atoms with Crippen molar-refractivity contribution in [2.45, 2.75) is 6.54 Å². The lowest BCUT2D eigenvalue weighted by molar-refractivity contribution is 0.564. The Hall–Kier alpha value is -1.17. The molecule has 1 aromatic carbocycles. The van der Waals surface area contributed by atoms with Crippen LogP contribution in [0.5, 0.6) is 0 Å². The Labute approximate surface area is 102 Å². The molecular weight excluding hydrogens is 303 g/mol. The molecule has 2 aromatic rings. The topological polar surface area (TPSA) is 51.2 Å². The van der Waals surface area contributed by atoms with E-state index in [1.807, 2.05) is 24.3 Å². The number of nitrogens with one attached hydrogen (secondary N) is 1. The molecular formula is C11H11IN2O. The molecule has 0 aliphatic rings. The molecule has 4 heteroatoms. The van der Waals surface area contributed by atoms with Crippen LogP contribution in [0, 0.1) is 3.57 Å². The van der Waals surface area contributed by atoms with Gasteiger partial charge in [0, 0.05) is 27.1 Å². The zero-order valence-electron chi connectivity index (χ0n) is 8.03. The highest BCUT2D eigenvalue weighted by molar-refractivity contribution is 14.1. The maximum atomic E-state index is 5.67. The monoisotopic (exact) mass is 314 g/mol. The molecule has 0 amide bonds. The van der Waals surface area contributed by atoms with E-state index < -0.39 is 0 Å². The highest BCUT2D eigenvalue weighted by Gasteiger charge is 2.00. The third kappa shape index (κ3) is 2.65. The molecule has 0 unspecified atom stereocenters. The number of nitrogens with two attached hydrogens (primary N) is 1. The van der Waals surface area contributed by atoms with Gasteiger partial charge in [-0.2, -0.15) is 0 Å². The number of nitrogen functional groups attached to an aromatic ring is 1. The first-order valence-corrected chi connectivity index (χ1v) is 5.63. The van der Waals surface area contributed by atoms with E-state index in [4.69, 9.17) is 10.2 Å². The van der Waals surface area contributed by atoms with Crippen molar-refractivity contribution in [3.8, 4) is 0 Å². The predicted octanol–water partition coefficient (Wildman–Crippen LogP) is 3.08. The number of hydrogen-bond acceptors (Lipinski definition) is 3. The van der Waals surface area contributed by atoms with Crippen LogP contribution in [0.1, 0.15) is 5.56 Å². The summed E-state index contributed by atoms with van der Waals surface area (Å²) in [4.78, 5) is 0. The molecule has 0 aliphatic carbocycles. The van der Waals surface area contributed by atoms with Crippen molar-refractivity contribution in [2.75, 3.05) is 11.1 Å². The van der Waals surface area contributed by atoms with Gasteiger partial charge in [-0.25, -0.2) is 0 Å². The van der Waals surface area contributed by atoms with E-state index in [1.165, 1.54) is 0 Å². The maximum absolute atomic E-state index is 5.67. The lowest BCUT2D eigenvalue weighted by atomic mass is 10.2. The van der Waals surface area contributed by atoms with Crippen LogP contribution in [-0.4, -0.2) is 0 Å². The van der Waals surface area contributed by atoms with Crippen molar-refractivity contribution in [1.29, 1.82) is 0 Å². The smallest absolute Gasteiger partial charge is 0.0952 e. The van der Waals surface area contributed by atoms with Crippen LogP contribution < -0.4 is 11.1 Å². The van der Waals surface area contributed by atoms with Gasteiger partial charge in [0.05, 0.1) is 12.5 Å². The molecule has 15 heavy (non-hydrogen) atoms. The van der Waals surface area contributed by atoms with Gasteiger partial charge in [0.2, 0.25) is 0 Å². The molecule has 0 saturated carbocycles. The minimum atomic E-state index is 0.760. The Balaban J connectivity index is 2.05. The van der Waals surface area contributed by atoms with Crippen LogP contribution >= 0.6 is 22.6 Å². The lowest BCUT2D eigenvalue weighted by Gasteiger charge is -2.07. The van der Waals surface area contributed by atoms with Gasteiger partial charge in [0.1, 0.15) is 0 Å². The zero-order chi connectivity index (χ0) is 10.7. The minimum Gasteiger partial charge on any atom is -0.472 e. The Morgan fingerprint density at radius 1 is 1.33 bits per heavy atom. The van der Waals surface area contributed by atoms with Gasteiger partial charge in [0.15, 0.2) is 0 Å². The van der Waals surface area contributed by atoms with Crippen molar-refractivity contribution < 1.29 is 4.42 Å². The first-order chi connectivity index (χ1) is 7.25. The minimum absolute atomic E-state index is 0.760. The van der Waals surface area contributed by atoms with E-state index >= 15 is 0 Å². The molecule has 3 nitrogen and oxygen atoms in total. The van der Waals surface area contributed by atoms with Crippen LogP contribution in [0.25, 0.3) is 0 Å². The standard InChI is InChI=1S/C11H11IN2O/c12-10-5-9(13)1-2-11(10)14-6-8-3-4-15-7-8/h1-5,7,14H,6,13H2. The fourth-order valence-electron chi connectivity index (χ4n) is 1.27. The van der Waals surface area contributed by atoms with E-state index in [0.29, 0.717) is 0 Å². The largest absolute Gasteiger partial charge is 0.472 e. The molecule has 0 aliphatic heterocycles. The predicted molar refractivity (Wildman–Crippen MR) is 69.6 cm³/mol. The van der Waals surface area contributed by atoms with Crippen molar-refractivity contribution in [1.82, 2.24) is 0 Å². The fraction of sp³-hybridized carbons (Fsp3) is 0.0909. The Kier molecular flexibility index (Phi) is 3.15.